The molecule has 0 aliphatic heterocycles. The molecule has 78 valence electrons. The van der Waals surface area contributed by atoms with Crippen molar-refractivity contribution in [3.63, 3.8) is 0 Å². The third-order valence-electron chi connectivity index (χ3n) is 1.58. The molecule has 5 heteroatoms. The summed E-state index contributed by atoms with van der Waals surface area (Å²) in [5, 5.41) is 12.5. The smallest absolute Gasteiger partial charge is 0.338 e. The van der Waals surface area contributed by atoms with Gasteiger partial charge in [0.05, 0.1) is 7.11 Å². The third kappa shape index (κ3) is 5.13. The van der Waals surface area contributed by atoms with Crippen LogP contribution in [-0.2, 0) is 9.53 Å². The standard InChI is InChI=1S/C8H17NO3S/c1-8(11,7(10)12-2)6-9-4-5-13-3/h9,11H,4-6H2,1-3H3. The first-order chi connectivity index (χ1) is 6.04. The van der Waals surface area contributed by atoms with Crippen molar-refractivity contribution in [2.75, 3.05) is 32.2 Å². The number of aliphatic hydroxyl groups is 1. The van der Waals surface area contributed by atoms with Crippen LogP contribution in [0.3, 0.4) is 0 Å². The number of hydrogen-bond acceptors (Lipinski definition) is 5. The normalized spacial score (nSPS) is 15.1. The van der Waals surface area contributed by atoms with Crippen LogP contribution in [0, 0.1) is 0 Å². The van der Waals surface area contributed by atoms with E-state index < -0.39 is 11.6 Å². The van der Waals surface area contributed by atoms with Gasteiger partial charge >= 0.3 is 5.97 Å². The van der Waals surface area contributed by atoms with Crippen LogP contribution >= 0.6 is 11.8 Å². The molecule has 0 bridgehead atoms. The summed E-state index contributed by atoms with van der Waals surface area (Å²) >= 11 is 1.71. The summed E-state index contributed by atoms with van der Waals surface area (Å²) in [6.07, 6.45) is 2.00. The first-order valence-corrected chi connectivity index (χ1v) is 5.44. The third-order valence-corrected chi connectivity index (χ3v) is 2.19. The van der Waals surface area contributed by atoms with Gasteiger partial charge in [-0.2, -0.15) is 11.8 Å². The fourth-order valence-corrected chi connectivity index (χ4v) is 1.15. The first-order valence-electron chi connectivity index (χ1n) is 4.05. The van der Waals surface area contributed by atoms with E-state index in [-0.39, 0.29) is 6.54 Å². The number of ether oxygens (including phenoxy) is 1. The summed E-state index contributed by atoms with van der Waals surface area (Å²) in [5.74, 6) is 0.348. The summed E-state index contributed by atoms with van der Waals surface area (Å²) in [6.45, 7) is 2.43. The minimum atomic E-state index is -1.42. The van der Waals surface area contributed by atoms with Crippen LogP contribution in [0.15, 0.2) is 0 Å². The van der Waals surface area contributed by atoms with E-state index in [9.17, 15) is 9.90 Å². The topological polar surface area (TPSA) is 58.6 Å². The van der Waals surface area contributed by atoms with E-state index in [4.69, 9.17) is 0 Å². The largest absolute Gasteiger partial charge is 0.467 e. The molecule has 1 unspecified atom stereocenters. The molecule has 0 amide bonds. The van der Waals surface area contributed by atoms with Crippen molar-refractivity contribution in [1.82, 2.24) is 5.32 Å². The molecule has 0 rings (SSSR count). The van der Waals surface area contributed by atoms with Crippen molar-refractivity contribution >= 4 is 17.7 Å². The van der Waals surface area contributed by atoms with Gasteiger partial charge in [0, 0.05) is 18.8 Å². The Labute approximate surface area is 83.0 Å². The molecule has 0 aliphatic carbocycles. The maximum atomic E-state index is 11.0. The fourth-order valence-electron chi connectivity index (χ4n) is 0.798. The van der Waals surface area contributed by atoms with Gasteiger partial charge in [0.15, 0.2) is 5.60 Å². The van der Waals surface area contributed by atoms with Crippen LogP contribution in [0.4, 0.5) is 0 Å². The monoisotopic (exact) mass is 207 g/mol. The lowest BCUT2D eigenvalue weighted by molar-refractivity contribution is -0.159. The molecule has 2 N–H and O–H groups in total. The summed E-state index contributed by atoms with van der Waals surface area (Å²) in [4.78, 5) is 11.0. The van der Waals surface area contributed by atoms with E-state index in [0.29, 0.717) is 0 Å². The molecular weight excluding hydrogens is 190 g/mol. The lowest BCUT2D eigenvalue weighted by Gasteiger charge is -2.20. The molecular formula is C8H17NO3S. The number of methoxy groups -OCH3 is 1. The Morgan fingerprint density at radius 3 is 2.77 bits per heavy atom. The average Bonchev–Trinajstić information content (AvgIpc) is 2.11. The van der Waals surface area contributed by atoms with Crippen LogP contribution in [0.2, 0.25) is 0 Å². The van der Waals surface area contributed by atoms with Gasteiger partial charge in [-0.3, -0.25) is 0 Å². The zero-order valence-electron chi connectivity index (χ0n) is 8.29. The Hall–Kier alpha value is -0.260. The van der Waals surface area contributed by atoms with E-state index in [2.05, 4.69) is 10.1 Å². The number of rotatable bonds is 6. The maximum absolute atomic E-state index is 11.0. The predicted molar refractivity (Wildman–Crippen MR) is 53.9 cm³/mol. The minimum Gasteiger partial charge on any atom is -0.467 e. The lowest BCUT2D eigenvalue weighted by Crippen LogP contribution is -2.46. The highest BCUT2D eigenvalue weighted by Gasteiger charge is 2.30. The molecule has 0 aliphatic rings. The zero-order valence-corrected chi connectivity index (χ0v) is 9.11. The Bertz CT molecular complexity index is 161. The molecule has 0 heterocycles. The van der Waals surface area contributed by atoms with E-state index in [1.165, 1.54) is 14.0 Å². The van der Waals surface area contributed by atoms with Gasteiger partial charge in [0.1, 0.15) is 0 Å². The molecule has 0 radical (unpaired) electrons. The number of nitrogens with one attached hydrogen (secondary N) is 1. The highest BCUT2D eigenvalue weighted by Crippen LogP contribution is 2.03. The molecule has 1 atom stereocenters. The van der Waals surface area contributed by atoms with Gasteiger partial charge in [-0.05, 0) is 13.2 Å². The molecule has 0 aromatic rings. The highest BCUT2D eigenvalue weighted by atomic mass is 32.2. The van der Waals surface area contributed by atoms with Crippen LogP contribution in [0.25, 0.3) is 0 Å². The van der Waals surface area contributed by atoms with E-state index >= 15 is 0 Å². The summed E-state index contributed by atoms with van der Waals surface area (Å²) < 4.78 is 4.44. The van der Waals surface area contributed by atoms with E-state index in [1.807, 2.05) is 6.26 Å². The van der Waals surface area contributed by atoms with Gasteiger partial charge in [-0.1, -0.05) is 0 Å². The Kier molecular flexibility index (Phi) is 6.11. The van der Waals surface area contributed by atoms with Crippen LogP contribution in [-0.4, -0.2) is 48.9 Å². The fraction of sp³-hybridized carbons (Fsp3) is 0.875. The van der Waals surface area contributed by atoms with E-state index in [1.54, 1.807) is 11.8 Å². The molecule has 0 spiro atoms. The molecule has 0 saturated heterocycles. The summed E-state index contributed by atoms with van der Waals surface area (Å²) in [5.41, 5.74) is -1.42. The van der Waals surface area contributed by atoms with Gasteiger partial charge in [-0.25, -0.2) is 4.79 Å². The zero-order chi connectivity index (χ0) is 10.3. The Balaban J connectivity index is 3.69. The molecule has 0 aromatic heterocycles. The molecule has 4 nitrogen and oxygen atoms in total. The molecule has 13 heavy (non-hydrogen) atoms. The molecule has 0 saturated carbocycles. The maximum Gasteiger partial charge on any atom is 0.338 e. The van der Waals surface area contributed by atoms with Crippen LogP contribution in [0.1, 0.15) is 6.92 Å². The second kappa shape index (κ2) is 6.23. The van der Waals surface area contributed by atoms with Crippen LogP contribution < -0.4 is 5.32 Å². The van der Waals surface area contributed by atoms with E-state index in [0.717, 1.165) is 12.3 Å². The highest BCUT2D eigenvalue weighted by molar-refractivity contribution is 7.98. The van der Waals surface area contributed by atoms with Crippen molar-refractivity contribution in [2.24, 2.45) is 0 Å². The predicted octanol–water partition coefficient (Wildman–Crippen LogP) is -0.137. The Morgan fingerprint density at radius 2 is 2.31 bits per heavy atom. The van der Waals surface area contributed by atoms with Crippen molar-refractivity contribution in [3.05, 3.63) is 0 Å². The summed E-state index contributed by atoms with van der Waals surface area (Å²) in [7, 11) is 1.26. The second-order valence-electron chi connectivity index (χ2n) is 2.94. The van der Waals surface area contributed by atoms with Crippen molar-refractivity contribution < 1.29 is 14.6 Å². The van der Waals surface area contributed by atoms with Crippen molar-refractivity contribution in [1.29, 1.82) is 0 Å². The number of carbonyl (C=O) groups excluding carboxylic acids is 1. The minimum absolute atomic E-state index is 0.222. The first kappa shape index (κ1) is 12.7. The van der Waals surface area contributed by atoms with Gasteiger partial charge < -0.3 is 15.2 Å². The Morgan fingerprint density at radius 1 is 1.69 bits per heavy atom. The quantitative estimate of drug-likeness (QED) is 0.469. The molecule has 0 aromatic carbocycles. The number of hydrogen-bond donors (Lipinski definition) is 2. The van der Waals surface area contributed by atoms with Crippen molar-refractivity contribution in [2.45, 2.75) is 12.5 Å². The number of esters is 1. The van der Waals surface area contributed by atoms with Gasteiger partial charge in [-0.15, -0.1) is 0 Å². The summed E-state index contributed by atoms with van der Waals surface area (Å²) in [6, 6.07) is 0. The number of carbonyl (C=O) groups is 1. The van der Waals surface area contributed by atoms with Gasteiger partial charge in [0.25, 0.3) is 0 Å². The van der Waals surface area contributed by atoms with Crippen molar-refractivity contribution in [3.8, 4) is 0 Å². The van der Waals surface area contributed by atoms with Crippen LogP contribution in [0.5, 0.6) is 0 Å². The lowest BCUT2D eigenvalue weighted by atomic mass is 10.1. The second-order valence-corrected chi connectivity index (χ2v) is 3.92. The van der Waals surface area contributed by atoms with Gasteiger partial charge in [0.2, 0.25) is 0 Å². The number of thioether (sulfide) groups is 1. The average molecular weight is 207 g/mol. The molecule has 0 fully saturated rings. The SMILES string of the molecule is COC(=O)C(C)(O)CNCCSC.